The first-order valence-electron chi connectivity index (χ1n) is 7.43. The standard InChI is InChI=1S/C14H25ClN4O/c1-3-19-13(14(15)12(2)16-19)11-18-6-4-5-17(7-8-18)9-10-20/h20H,3-11H2,1-2H3. The number of halogens is 1. The highest BCUT2D eigenvalue weighted by atomic mass is 35.5. The Morgan fingerprint density at radius 3 is 2.60 bits per heavy atom. The van der Waals surface area contributed by atoms with Crippen LogP contribution < -0.4 is 0 Å². The number of aliphatic hydroxyl groups excluding tert-OH is 1. The maximum Gasteiger partial charge on any atom is 0.0860 e. The molecule has 114 valence electrons. The quantitative estimate of drug-likeness (QED) is 0.892. The summed E-state index contributed by atoms with van der Waals surface area (Å²) in [5, 5.41) is 14.3. The van der Waals surface area contributed by atoms with Crippen molar-refractivity contribution in [3.8, 4) is 0 Å². The highest BCUT2D eigenvalue weighted by molar-refractivity contribution is 6.31. The maximum atomic E-state index is 9.03. The third kappa shape index (κ3) is 3.73. The Bertz CT molecular complexity index is 435. The Morgan fingerprint density at radius 2 is 1.90 bits per heavy atom. The number of β-amino-alcohol motifs (C(OH)–C–C–N with tert-alkyl or cyclic N) is 1. The fourth-order valence-electron chi connectivity index (χ4n) is 2.78. The van der Waals surface area contributed by atoms with E-state index >= 15 is 0 Å². The molecular weight excluding hydrogens is 276 g/mol. The number of nitrogens with zero attached hydrogens (tertiary/aromatic N) is 4. The van der Waals surface area contributed by atoms with Crippen molar-refractivity contribution >= 4 is 11.6 Å². The monoisotopic (exact) mass is 300 g/mol. The van der Waals surface area contributed by atoms with Gasteiger partial charge in [-0.15, -0.1) is 0 Å². The summed E-state index contributed by atoms with van der Waals surface area (Å²) in [4.78, 5) is 4.76. The molecule has 0 unspecified atom stereocenters. The topological polar surface area (TPSA) is 44.5 Å². The van der Waals surface area contributed by atoms with Crippen molar-refractivity contribution in [2.75, 3.05) is 39.3 Å². The first-order valence-corrected chi connectivity index (χ1v) is 7.80. The van der Waals surface area contributed by atoms with Crippen LogP contribution in [0.4, 0.5) is 0 Å². The van der Waals surface area contributed by atoms with Gasteiger partial charge in [0.05, 0.1) is 23.0 Å². The van der Waals surface area contributed by atoms with E-state index in [2.05, 4.69) is 21.8 Å². The van der Waals surface area contributed by atoms with Gasteiger partial charge in [0.15, 0.2) is 0 Å². The van der Waals surface area contributed by atoms with Gasteiger partial charge in [0.25, 0.3) is 0 Å². The van der Waals surface area contributed by atoms with E-state index in [4.69, 9.17) is 16.7 Å². The molecule has 1 aromatic heterocycles. The van der Waals surface area contributed by atoms with Gasteiger partial charge >= 0.3 is 0 Å². The zero-order valence-corrected chi connectivity index (χ0v) is 13.2. The molecule has 1 fully saturated rings. The summed E-state index contributed by atoms with van der Waals surface area (Å²) in [7, 11) is 0. The van der Waals surface area contributed by atoms with Crippen molar-refractivity contribution in [2.45, 2.75) is 33.4 Å². The zero-order valence-electron chi connectivity index (χ0n) is 12.5. The minimum Gasteiger partial charge on any atom is -0.395 e. The van der Waals surface area contributed by atoms with Gasteiger partial charge in [-0.05, 0) is 33.4 Å². The molecule has 0 spiro atoms. The molecule has 0 bridgehead atoms. The van der Waals surface area contributed by atoms with Gasteiger partial charge in [-0.3, -0.25) is 14.5 Å². The number of aryl methyl sites for hydroxylation is 2. The summed E-state index contributed by atoms with van der Waals surface area (Å²) in [6.45, 7) is 11.0. The second-order valence-electron chi connectivity index (χ2n) is 5.36. The molecule has 5 nitrogen and oxygen atoms in total. The molecule has 1 aliphatic rings. The highest BCUT2D eigenvalue weighted by Gasteiger charge is 2.19. The van der Waals surface area contributed by atoms with Crippen LogP contribution in [0.25, 0.3) is 0 Å². The van der Waals surface area contributed by atoms with Crippen molar-refractivity contribution < 1.29 is 5.11 Å². The fourth-order valence-corrected chi connectivity index (χ4v) is 2.97. The Labute approximate surface area is 126 Å². The number of hydrogen-bond donors (Lipinski definition) is 1. The van der Waals surface area contributed by atoms with Gasteiger partial charge in [0.1, 0.15) is 0 Å². The number of aliphatic hydroxyl groups is 1. The van der Waals surface area contributed by atoms with E-state index in [1.165, 1.54) is 0 Å². The molecule has 6 heteroatoms. The summed E-state index contributed by atoms with van der Waals surface area (Å²) in [5.41, 5.74) is 2.04. The number of hydrogen-bond acceptors (Lipinski definition) is 4. The van der Waals surface area contributed by atoms with Gasteiger partial charge in [0, 0.05) is 32.7 Å². The van der Waals surface area contributed by atoms with E-state index in [1.807, 2.05) is 11.6 Å². The third-order valence-electron chi connectivity index (χ3n) is 3.92. The van der Waals surface area contributed by atoms with Gasteiger partial charge in [-0.1, -0.05) is 11.6 Å². The molecule has 2 rings (SSSR count). The van der Waals surface area contributed by atoms with Crippen molar-refractivity contribution in [2.24, 2.45) is 0 Å². The van der Waals surface area contributed by atoms with Crippen LogP contribution in [0.5, 0.6) is 0 Å². The smallest absolute Gasteiger partial charge is 0.0860 e. The minimum atomic E-state index is 0.244. The van der Waals surface area contributed by atoms with E-state index in [1.54, 1.807) is 0 Å². The van der Waals surface area contributed by atoms with Crippen molar-refractivity contribution in [1.82, 2.24) is 19.6 Å². The Morgan fingerprint density at radius 1 is 1.20 bits per heavy atom. The normalized spacial score (nSPS) is 18.4. The minimum absolute atomic E-state index is 0.244. The molecule has 1 N–H and O–H groups in total. The van der Waals surface area contributed by atoms with Gasteiger partial charge < -0.3 is 5.11 Å². The number of rotatable bonds is 5. The van der Waals surface area contributed by atoms with E-state index in [0.717, 1.165) is 68.6 Å². The van der Waals surface area contributed by atoms with Crippen LogP contribution in [0, 0.1) is 6.92 Å². The average molecular weight is 301 g/mol. The van der Waals surface area contributed by atoms with Crippen molar-refractivity contribution in [3.63, 3.8) is 0 Å². The van der Waals surface area contributed by atoms with E-state index in [0.29, 0.717) is 0 Å². The lowest BCUT2D eigenvalue weighted by Crippen LogP contribution is -2.32. The van der Waals surface area contributed by atoms with E-state index < -0.39 is 0 Å². The molecule has 1 aromatic rings. The van der Waals surface area contributed by atoms with Crippen LogP contribution in [0.1, 0.15) is 24.7 Å². The van der Waals surface area contributed by atoms with Gasteiger partial charge in [-0.25, -0.2) is 0 Å². The molecule has 0 atom stereocenters. The molecule has 1 aliphatic heterocycles. The lowest BCUT2D eigenvalue weighted by atomic mass is 10.3. The van der Waals surface area contributed by atoms with Crippen LogP contribution in [0.3, 0.4) is 0 Å². The second-order valence-corrected chi connectivity index (χ2v) is 5.73. The van der Waals surface area contributed by atoms with Crippen LogP contribution in [-0.2, 0) is 13.1 Å². The molecule has 0 amide bonds. The van der Waals surface area contributed by atoms with Crippen molar-refractivity contribution in [3.05, 3.63) is 16.4 Å². The van der Waals surface area contributed by atoms with Crippen LogP contribution in [0.15, 0.2) is 0 Å². The van der Waals surface area contributed by atoms with Crippen LogP contribution in [0.2, 0.25) is 5.02 Å². The SMILES string of the molecule is CCn1nc(C)c(Cl)c1CN1CCCN(CCO)CC1. The average Bonchev–Trinajstić information content (AvgIpc) is 2.61. The van der Waals surface area contributed by atoms with Crippen molar-refractivity contribution in [1.29, 1.82) is 0 Å². The first-order chi connectivity index (χ1) is 9.65. The second kappa shape index (κ2) is 7.41. The van der Waals surface area contributed by atoms with E-state index in [-0.39, 0.29) is 6.61 Å². The Balaban J connectivity index is 2.00. The summed E-state index contributed by atoms with van der Waals surface area (Å²) in [6, 6.07) is 0. The molecule has 0 saturated carbocycles. The largest absolute Gasteiger partial charge is 0.395 e. The maximum absolute atomic E-state index is 9.03. The molecule has 0 aliphatic carbocycles. The Hall–Kier alpha value is -0.620. The molecule has 20 heavy (non-hydrogen) atoms. The number of aromatic nitrogens is 2. The molecule has 2 heterocycles. The van der Waals surface area contributed by atoms with E-state index in [9.17, 15) is 0 Å². The zero-order chi connectivity index (χ0) is 14.5. The fraction of sp³-hybridized carbons (Fsp3) is 0.786. The lowest BCUT2D eigenvalue weighted by molar-refractivity contribution is 0.195. The Kier molecular flexibility index (Phi) is 5.84. The summed E-state index contributed by atoms with van der Waals surface area (Å²) >= 11 is 6.38. The summed E-state index contributed by atoms with van der Waals surface area (Å²) in [6.07, 6.45) is 1.14. The lowest BCUT2D eigenvalue weighted by Gasteiger charge is -2.21. The predicted octanol–water partition coefficient (Wildman–Crippen LogP) is 1.36. The van der Waals surface area contributed by atoms with Gasteiger partial charge in [-0.2, -0.15) is 5.10 Å². The molecular formula is C14H25ClN4O. The highest BCUT2D eigenvalue weighted by Crippen LogP contribution is 2.22. The molecule has 0 radical (unpaired) electrons. The van der Waals surface area contributed by atoms with Gasteiger partial charge in [0.2, 0.25) is 0 Å². The molecule has 1 saturated heterocycles. The third-order valence-corrected chi connectivity index (χ3v) is 4.42. The summed E-state index contributed by atoms with van der Waals surface area (Å²) < 4.78 is 2.01. The molecule has 0 aromatic carbocycles. The summed E-state index contributed by atoms with van der Waals surface area (Å²) in [5.74, 6) is 0. The predicted molar refractivity (Wildman–Crippen MR) is 81.1 cm³/mol. The van der Waals surface area contributed by atoms with Crippen LogP contribution in [-0.4, -0.2) is 64.0 Å². The first kappa shape index (κ1) is 15.8. The van der Waals surface area contributed by atoms with Crippen LogP contribution >= 0.6 is 11.6 Å².